The van der Waals surface area contributed by atoms with Gasteiger partial charge in [0.2, 0.25) is 0 Å². The van der Waals surface area contributed by atoms with Crippen molar-refractivity contribution in [1.29, 1.82) is 0 Å². The molecule has 3 aliphatic carbocycles. The van der Waals surface area contributed by atoms with E-state index in [1.807, 2.05) is 12.1 Å². The lowest BCUT2D eigenvalue weighted by molar-refractivity contribution is -0.178. The van der Waals surface area contributed by atoms with Gasteiger partial charge in [0, 0.05) is 0 Å². The number of carbonyl (C=O) groups is 1. The van der Waals surface area contributed by atoms with E-state index in [4.69, 9.17) is 34.0 Å². The first kappa shape index (κ1) is 12.3. The Balaban J connectivity index is 1.84. The van der Waals surface area contributed by atoms with E-state index in [9.17, 15) is 4.79 Å². The molecule has 18 heavy (non-hydrogen) atoms. The van der Waals surface area contributed by atoms with Crippen LogP contribution in [0.15, 0.2) is 18.2 Å². The number of hydrogen-bond acceptors (Lipinski definition) is 2. The van der Waals surface area contributed by atoms with Crippen molar-refractivity contribution in [1.82, 2.24) is 0 Å². The Kier molecular flexibility index (Phi) is 2.47. The largest absolute Gasteiger partial charge is 0.480 e. The molecule has 1 aromatic rings. The van der Waals surface area contributed by atoms with Gasteiger partial charge in [-0.1, -0.05) is 35.3 Å². The van der Waals surface area contributed by atoms with Crippen LogP contribution in [0, 0.1) is 5.41 Å². The third kappa shape index (κ3) is 1.38. The summed E-state index contributed by atoms with van der Waals surface area (Å²) in [5.74, 6) is -0.916. The molecule has 4 rings (SSSR count). The third-order valence-electron chi connectivity index (χ3n) is 4.52. The molecule has 0 aromatic heterocycles. The molecule has 0 spiro atoms. The number of halogens is 2. The van der Waals surface area contributed by atoms with Gasteiger partial charge in [-0.25, -0.2) is 0 Å². The molecule has 0 radical (unpaired) electrons. The van der Waals surface area contributed by atoms with Crippen molar-refractivity contribution < 1.29 is 9.90 Å². The second-order valence-corrected chi connectivity index (χ2v) is 6.38. The van der Waals surface area contributed by atoms with Gasteiger partial charge >= 0.3 is 5.97 Å². The molecule has 3 fully saturated rings. The fourth-order valence-electron chi connectivity index (χ4n) is 3.66. The van der Waals surface area contributed by atoms with E-state index in [-0.39, 0.29) is 10.8 Å². The molecular formula is C13H13Cl2NO2. The predicted octanol–water partition coefficient (Wildman–Crippen LogP) is 2.83. The molecule has 1 atom stereocenters. The molecule has 0 heterocycles. The second kappa shape index (κ2) is 3.62. The minimum absolute atomic E-state index is 0.00898. The molecule has 3 nitrogen and oxygen atoms in total. The molecule has 0 amide bonds. The summed E-state index contributed by atoms with van der Waals surface area (Å²) in [6, 6.07) is 4.85. The molecule has 3 N–H and O–H groups in total. The first-order valence-corrected chi connectivity index (χ1v) is 6.59. The first-order chi connectivity index (χ1) is 8.40. The Morgan fingerprint density at radius 1 is 1.33 bits per heavy atom. The lowest BCUT2D eigenvalue weighted by Crippen LogP contribution is -2.72. The molecule has 1 aromatic carbocycles. The monoisotopic (exact) mass is 285 g/mol. The standard InChI is InChI=1S/C13H13Cl2NO2/c14-8-3-1-2-7(9(8)15)12-4-13(5-12,6-12)10(16)11(17)18/h1-3,10H,4-6,16H2,(H,17,18). The van der Waals surface area contributed by atoms with E-state index in [0.717, 1.165) is 24.8 Å². The molecule has 96 valence electrons. The van der Waals surface area contributed by atoms with E-state index in [2.05, 4.69) is 0 Å². The van der Waals surface area contributed by atoms with Gasteiger partial charge in [-0.05, 0) is 41.7 Å². The summed E-state index contributed by atoms with van der Waals surface area (Å²) >= 11 is 12.2. The topological polar surface area (TPSA) is 63.3 Å². The minimum atomic E-state index is -0.916. The van der Waals surface area contributed by atoms with Crippen molar-refractivity contribution in [3.63, 3.8) is 0 Å². The van der Waals surface area contributed by atoms with Crippen LogP contribution >= 0.6 is 23.2 Å². The zero-order chi connectivity index (χ0) is 13.1. The second-order valence-electron chi connectivity index (χ2n) is 5.59. The summed E-state index contributed by atoms with van der Waals surface area (Å²) in [6.07, 6.45) is 2.40. The summed E-state index contributed by atoms with van der Waals surface area (Å²) in [5.41, 5.74) is 6.56. The molecular weight excluding hydrogens is 273 g/mol. The number of nitrogens with two attached hydrogens (primary N) is 1. The Bertz CT molecular complexity index is 524. The zero-order valence-corrected chi connectivity index (χ0v) is 11.1. The highest BCUT2D eigenvalue weighted by molar-refractivity contribution is 6.42. The van der Waals surface area contributed by atoms with Crippen LogP contribution in [-0.2, 0) is 10.2 Å². The van der Waals surface area contributed by atoms with Gasteiger partial charge < -0.3 is 10.8 Å². The van der Waals surface area contributed by atoms with Crippen LogP contribution in [-0.4, -0.2) is 17.1 Å². The molecule has 5 heteroatoms. The van der Waals surface area contributed by atoms with E-state index in [1.54, 1.807) is 6.07 Å². The van der Waals surface area contributed by atoms with E-state index in [0.29, 0.717) is 10.0 Å². The molecule has 2 bridgehead atoms. The number of benzene rings is 1. The average Bonchev–Trinajstić information content (AvgIpc) is 2.20. The summed E-state index contributed by atoms with van der Waals surface area (Å²) < 4.78 is 0. The van der Waals surface area contributed by atoms with Gasteiger partial charge in [0.05, 0.1) is 10.0 Å². The fraction of sp³-hybridized carbons (Fsp3) is 0.462. The first-order valence-electron chi connectivity index (χ1n) is 5.83. The van der Waals surface area contributed by atoms with Crippen molar-refractivity contribution in [3.8, 4) is 0 Å². The van der Waals surface area contributed by atoms with Crippen LogP contribution in [0.4, 0.5) is 0 Å². The van der Waals surface area contributed by atoms with Crippen LogP contribution in [0.2, 0.25) is 10.0 Å². The SMILES string of the molecule is NC(C(=O)O)C12CC(c3cccc(Cl)c3Cl)(C1)C2. The van der Waals surface area contributed by atoms with Crippen molar-refractivity contribution in [3.05, 3.63) is 33.8 Å². The number of hydrogen-bond donors (Lipinski definition) is 2. The normalized spacial score (nSPS) is 34.4. The Morgan fingerprint density at radius 3 is 2.50 bits per heavy atom. The van der Waals surface area contributed by atoms with Crippen molar-refractivity contribution in [2.75, 3.05) is 0 Å². The van der Waals surface area contributed by atoms with Crippen LogP contribution < -0.4 is 5.73 Å². The maximum Gasteiger partial charge on any atom is 0.321 e. The number of carboxylic acid groups (broad SMARTS) is 1. The van der Waals surface area contributed by atoms with Crippen LogP contribution in [0.1, 0.15) is 24.8 Å². The molecule has 0 aliphatic heterocycles. The lowest BCUT2D eigenvalue weighted by Gasteiger charge is -2.72. The van der Waals surface area contributed by atoms with Crippen molar-refractivity contribution in [2.45, 2.75) is 30.7 Å². The zero-order valence-electron chi connectivity index (χ0n) is 9.62. The van der Waals surface area contributed by atoms with Crippen molar-refractivity contribution in [2.24, 2.45) is 11.1 Å². The molecule has 3 saturated carbocycles. The van der Waals surface area contributed by atoms with Gasteiger partial charge in [-0.3, -0.25) is 4.79 Å². The third-order valence-corrected chi connectivity index (χ3v) is 5.34. The Hall–Kier alpha value is -0.770. The van der Waals surface area contributed by atoms with E-state index in [1.165, 1.54) is 0 Å². The van der Waals surface area contributed by atoms with E-state index < -0.39 is 12.0 Å². The predicted molar refractivity (Wildman–Crippen MR) is 70.0 cm³/mol. The summed E-state index contributed by atoms with van der Waals surface area (Å²) in [4.78, 5) is 11.0. The minimum Gasteiger partial charge on any atom is -0.480 e. The summed E-state index contributed by atoms with van der Waals surface area (Å²) in [6.45, 7) is 0. The van der Waals surface area contributed by atoms with Gasteiger partial charge in [0.1, 0.15) is 6.04 Å². The molecule has 1 unspecified atom stereocenters. The van der Waals surface area contributed by atoms with Gasteiger partial charge in [0.15, 0.2) is 0 Å². The van der Waals surface area contributed by atoms with Crippen LogP contribution in [0.3, 0.4) is 0 Å². The smallest absolute Gasteiger partial charge is 0.321 e. The number of carboxylic acids is 1. The summed E-state index contributed by atoms with van der Waals surface area (Å²) in [7, 11) is 0. The van der Waals surface area contributed by atoms with Gasteiger partial charge in [-0.2, -0.15) is 0 Å². The highest BCUT2D eigenvalue weighted by atomic mass is 35.5. The van der Waals surface area contributed by atoms with Crippen LogP contribution in [0.25, 0.3) is 0 Å². The number of rotatable bonds is 3. The fourth-order valence-corrected chi connectivity index (χ4v) is 4.16. The Morgan fingerprint density at radius 2 is 1.94 bits per heavy atom. The van der Waals surface area contributed by atoms with Gasteiger partial charge in [0.25, 0.3) is 0 Å². The Labute approximate surface area is 115 Å². The molecule has 3 aliphatic rings. The summed E-state index contributed by atoms with van der Waals surface area (Å²) in [5, 5.41) is 10.1. The van der Waals surface area contributed by atoms with Gasteiger partial charge in [-0.15, -0.1) is 0 Å². The highest BCUT2D eigenvalue weighted by Gasteiger charge is 2.72. The maximum absolute atomic E-state index is 11.0. The number of aliphatic carboxylic acids is 1. The van der Waals surface area contributed by atoms with E-state index >= 15 is 0 Å². The van der Waals surface area contributed by atoms with Crippen LogP contribution in [0.5, 0.6) is 0 Å². The maximum atomic E-state index is 11.0. The van der Waals surface area contributed by atoms with Crippen molar-refractivity contribution >= 4 is 29.2 Å². The lowest BCUT2D eigenvalue weighted by atomic mass is 9.31. The average molecular weight is 286 g/mol. The highest BCUT2D eigenvalue weighted by Crippen LogP contribution is 2.75. The quantitative estimate of drug-likeness (QED) is 0.898. The molecule has 0 saturated heterocycles.